The van der Waals surface area contributed by atoms with E-state index >= 15 is 0 Å². The van der Waals surface area contributed by atoms with Gasteiger partial charge in [-0.3, -0.25) is 4.79 Å². The molecule has 0 amide bonds. The van der Waals surface area contributed by atoms with Crippen LogP contribution in [0.25, 0.3) is 11.2 Å². The van der Waals surface area contributed by atoms with Gasteiger partial charge in [-0.05, 0) is 12.8 Å². The van der Waals surface area contributed by atoms with Crippen LogP contribution in [0.4, 0.5) is 5.82 Å². The van der Waals surface area contributed by atoms with Crippen molar-refractivity contribution in [2.45, 2.75) is 18.9 Å². The standard InChI is InChI=1S/C11H13N5O2/c1-18-11(17)6-2-3-7(6)16-5-15-8-9(12)13-4-14-10(8)16/h4-7H,2-3H2,1H3,(H2,12,13,14). The lowest BCUT2D eigenvalue weighted by molar-refractivity contribution is -0.150. The first-order valence-corrected chi connectivity index (χ1v) is 5.73. The van der Waals surface area contributed by atoms with Crippen LogP contribution in [0.15, 0.2) is 12.7 Å². The lowest BCUT2D eigenvalue weighted by atomic mass is 9.79. The average Bonchev–Trinajstić information content (AvgIpc) is 2.73. The summed E-state index contributed by atoms with van der Waals surface area (Å²) in [6.07, 6.45) is 4.81. The van der Waals surface area contributed by atoms with Crippen molar-refractivity contribution in [3.8, 4) is 0 Å². The molecule has 0 aromatic carbocycles. The van der Waals surface area contributed by atoms with Gasteiger partial charge >= 0.3 is 5.97 Å². The van der Waals surface area contributed by atoms with Crippen molar-refractivity contribution in [3.63, 3.8) is 0 Å². The Bertz CT molecular complexity index is 608. The number of ether oxygens (including phenoxy) is 1. The van der Waals surface area contributed by atoms with E-state index in [2.05, 4.69) is 15.0 Å². The Morgan fingerprint density at radius 1 is 1.44 bits per heavy atom. The van der Waals surface area contributed by atoms with E-state index < -0.39 is 0 Å². The van der Waals surface area contributed by atoms with Crippen molar-refractivity contribution < 1.29 is 9.53 Å². The first-order chi connectivity index (χ1) is 8.72. The van der Waals surface area contributed by atoms with Crippen LogP contribution in [-0.2, 0) is 9.53 Å². The molecule has 1 saturated carbocycles. The van der Waals surface area contributed by atoms with E-state index in [-0.39, 0.29) is 17.9 Å². The van der Waals surface area contributed by atoms with Crippen LogP contribution in [0.1, 0.15) is 18.9 Å². The third kappa shape index (κ3) is 1.43. The number of esters is 1. The fraction of sp³-hybridized carbons (Fsp3) is 0.455. The molecule has 7 nitrogen and oxygen atoms in total. The number of hydrogen-bond donors (Lipinski definition) is 1. The lowest BCUT2D eigenvalue weighted by Gasteiger charge is -2.35. The van der Waals surface area contributed by atoms with E-state index in [1.807, 2.05) is 4.57 Å². The first kappa shape index (κ1) is 10.9. The second-order valence-electron chi connectivity index (χ2n) is 4.36. The highest BCUT2D eigenvalue weighted by atomic mass is 16.5. The molecule has 2 unspecified atom stereocenters. The summed E-state index contributed by atoms with van der Waals surface area (Å²) in [5, 5.41) is 0. The molecule has 1 fully saturated rings. The molecule has 2 atom stereocenters. The number of anilines is 1. The number of nitrogens with zero attached hydrogens (tertiary/aromatic N) is 4. The molecule has 94 valence electrons. The lowest BCUT2D eigenvalue weighted by Crippen LogP contribution is -2.35. The van der Waals surface area contributed by atoms with Gasteiger partial charge in [0.25, 0.3) is 0 Å². The molecule has 0 aliphatic heterocycles. The van der Waals surface area contributed by atoms with Crippen LogP contribution in [0.3, 0.4) is 0 Å². The van der Waals surface area contributed by atoms with Crippen LogP contribution in [0.2, 0.25) is 0 Å². The zero-order valence-electron chi connectivity index (χ0n) is 9.91. The molecule has 7 heteroatoms. The summed E-state index contributed by atoms with van der Waals surface area (Å²) in [4.78, 5) is 23.9. The van der Waals surface area contributed by atoms with Gasteiger partial charge in [-0.1, -0.05) is 0 Å². The minimum atomic E-state index is -0.185. The van der Waals surface area contributed by atoms with Crippen LogP contribution >= 0.6 is 0 Å². The van der Waals surface area contributed by atoms with Crippen LogP contribution < -0.4 is 5.73 Å². The Morgan fingerprint density at radius 3 is 2.94 bits per heavy atom. The molecule has 0 spiro atoms. The SMILES string of the molecule is COC(=O)C1CCC1n1cnc2c(N)ncnc21. The highest BCUT2D eigenvalue weighted by molar-refractivity contribution is 5.81. The van der Waals surface area contributed by atoms with Gasteiger partial charge in [-0.25, -0.2) is 15.0 Å². The maximum atomic E-state index is 11.6. The molecular weight excluding hydrogens is 234 g/mol. The topological polar surface area (TPSA) is 95.9 Å². The number of fused-ring (bicyclic) bond motifs is 1. The minimum absolute atomic E-state index is 0.0525. The number of nitrogens with two attached hydrogens (primary N) is 1. The third-order valence-electron chi connectivity index (χ3n) is 3.49. The molecule has 0 bridgehead atoms. The largest absolute Gasteiger partial charge is 0.469 e. The van der Waals surface area contributed by atoms with E-state index in [0.29, 0.717) is 17.0 Å². The van der Waals surface area contributed by atoms with Crippen molar-refractivity contribution in [3.05, 3.63) is 12.7 Å². The van der Waals surface area contributed by atoms with E-state index in [0.717, 1.165) is 12.8 Å². The predicted molar refractivity (Wildman–Crippen MR) is 63.5 cm³/mol. The Kier molecular flexibility index (Phi) is 2.39. The molecule has 2 heterocycles. The number of imidazole rings is 1. The molecule has 0 saturated heterocycles. The van der Waals surface area contributed by atoms with E-state index in [1.54, 1.807) is 6.33 Å². The zero-order chi connectivity index (χ0) is 12.7. The highest BCUT2D eigenvalue weighted by Gasteiger charge is 2.39. The van der Waals surface area contributed by atoms with Crippen LogP contribution in [0.5, 0.6) is 0 Å². The van der Waals surface area contributed by atoms with E-state index in [4.69, 9.17) is 10.5 Å². The molecule has 0 radical (unpaired) electrons. The molecule has 2 N–H and O–H groups in total. The maximum absolute atomic E-state index is 11.6. The summed E-state index contributed by atoms with van der Waals surface area (Å²) in [6, 6.07) is 0.0525. The van der Waals surface area contributed by atoms with Gasteiger partial charge in [0.1, 0.15) is 11.8 Å². The van der Waals surface area contributed by atoms with Crippen LogP contribution in [-0.4, -0.2) is 32.6 Å². The molecular formula is C11H13N5O2. The van der Waals surface area contributed by atoms with Crippen molar-refractivity contribution in [1.29, 1.82) is 0 Å². The van der Waals surface area contributed by atoms with Crippen molar-refractivity contribution in [1.82, 2.24) is 19.5 Å². The summed E-state index contributed by atoms with van der Waals surface area (Å²) in [5.41, 5.74) is 6.98. The van der Waals surface area contributed by atoms with Gasteiger partial charge in [0, 0.05) is 6.04 Å². The Morgan fingerprint density at radius 2 is 2.28 bits per heavy atom. The second-order valence-corrected chi connectivity index (χ2v) is 4.36. The van der Waals surface area contributed by atoms with E-state index in [1.165, 1.54) is 13.4 Å². The summed E-state index contributed by atoms with van der Waals surface area (Å²) in [7, 11) is 1.41. The van der Waals surface area contributed by atoms with Crippen molar-refractivity contribution in [2.24, 2.45) is 5.92 Å². The number of methoxy groups -OCH3 is 1. The molecule has 1 aliphatic carbocycles. The average molecular weight is 247 g/mol. The number of nitrogen functional groups attached to an aromatic ring is 1. The summed E-state index contributed by atoms with van der Waals surface area (Å²) >= 11 is 0. The molecule has 3 rings (SSSR count). The Balaban J connectivity index is 2.00. The Labute approximate surface area is 103 Å². The quantitative estimate of drug-likeness (QED) is 0.778. The number of rotatable bonds is 2. The maximum Gasteiger partial charge on any atom is 0.310 e. The van der Waals surface area contributed by atoms with Gasteiger partial charge in [-0.15, -0.1) is 0 Å². The van der Waals surface area contributed by atoms with Gasteiger partial charge in [0.15, 0.2) is 11.5 Å². The summed E-state index contributed by atoms with van der Waals surface area (Å²) in [5.74, 6) is 0.0476. The highest BCUT2D eigenvalue weighted by Crippen LogP contribution is 2.40. The van der Waals surface area contributed by atoms with Gasteiger partial charge in [-0.2, -0.15) is 0 Å². The summed E-state index contributed by atoms with van der Waals surface area (Å²) in [6.45, 7) is 0. The third-order valence-corrected chi connectivity index (χ3v) is 3.49. The van der Waals surface area contributed by atoms with Gasteiger partial charge in [0.2, 0.25) is 0 Å². The summed E-state index contributed by atoms with van der Waals surface area (Å²) < 4.78 is 6.68. The van der Waals surface area contributed by atoms with E-state index in [9.17, 15) is 4.79 Å². The molecule has 1 aliphatic rings. The fourth-order valence-electron chi connectivity index (χ4n) is 2.35. The minimum Gasteiger partial charge on any atom is -0.469 e. The number of carbonyl (C=O) groups excluding carboxylic acids is 1. The Hall–Kier alpha value is -2.18. The van der Waals surface area contributed by atoms with Crippen molar-refractivity contribution >= 4 is 23.0 Å². The number of carbonyl (C=O) groups is 1. The van der Waals surface area contributed by atoms with Gasteiger partial charge < -0.3 is 15.0 Å². The smallest absolute Gasteiger partial charge is 0.310 e. The molecule has 2 aromatic heterocycles. The van der Waals surface area contributed by atoms with Crippen LogP contribution in [0, 0.1) is 5.92 Å². The second kappa shape index (κ2) is 3.94. The van der Waals surface area contributed by atoms with Crippen molar-refractivity contribution in [2.75, 3.05) is 12.8 Å². The normalized spacial score (nSPS) is 22.7. The number of hydrogen-bond acceptors (Lipinski definition) is 6. The number of aromatic nitrogens is 4. The first-order valence-electron chi connectivity index (χ1n) is 5.73. The molecule has 18 heavy (non-hydrogen) atoms. The molecule has 2 aromatic rings. The van der Waals surface area contributed by atoms with Gasteiger partial charge in [0.05, 0.1) is 19.4 Å². The fourth-order valence-corrected chi connectivity index (χ4v) is 2.35. The monoisotopic (exact) mass is 247 g/mol. The zero-order valence-corrected chi connectivity index (χ0v) is 9.91. The predicted octanol–water partition coefficient (Wildman–Crippen LogP) is 0.533.